The molecule has 1 aliphatic rings. The highest BCUT2D eigenvalue weighted by molar-refractivity contribution is 9.10. The van der Waals surface area contributed by atoms with Gasteiger partial charge in [0.2, 0.25) is 0 Å². The Morgan fingerprint density at radius 3 is 2.78 bits per heavy atom. The van der Waals surface area contributed by atoms with Crippen LogP contribution in [-0.4, -0.2) is 28.8 Å². The molecule has 0 amide bonds. The molecule has 2 nitrogen and oxygen atoms in total. The van der Waals surface area contributed by atoms with Crippen LogP contribution in [0.3, 0.4) is 0 Å². The fourth-order valence-corrected chi connectivity index (χ4v) is 3.77. The van der Waals surface area contributed by atoms with E-state index in [1.54, 1.807) is 6.07 Å². The van der Waals surface area contributed by atoms with Crippen LogP contribution in [0.5, 0.6) is 0 Å². The summed E-state index contributed by atoms with van der Waals surface area (Å²) in [6, 6.07) is 4.67. The molecular weight excluding hydrogens is 317 g/mol. The molecule has 1 aliphatic heterocycles. The van der Waals surface area contributed by atoms with E-state index in [-0.39, 0.29) is 5.82 Å². The van der Waals surface area contributed by atoms with E-state index in [1.165, 1.54) is 12.1 Å². The van der Waals surface area contributed by atoms with Crippen LogP contribution in [0.2, 0.25) is 0 Å². The SMILES string of the molecule is OC1(CNCc2ccc(F)cc2Br)CCSCC1. The topological polar surface area (TPSA) is 32.3 Å². The van der Waals surface area contributed by atoms with Crippen molar-refractivity contribution < 1.29 is 9.50 Å². The molecule has 0 atom stereocenters. The van der Waals surface area contributed by atoms with Gasteiger partial charge in [-0.3, -0.25) is 0 Å². The monoisotopic (exact) mass is 333 g/mol. The Morgan fingerprint density at radius 1 is 1.39 bits per heavy atom. The summed E-state index contributed by atoms with van der Waals surface area (Å²) < 4.78 is 13.7. The molecule has 5 heteroatoms. The first kappa shape index (κ1) is 14.3. The Kier molecular flexibility index (Phi) is 5.06. The van der Waals surface area contributed by atoms with Crippen LogP contribution in [0.4, 0.5) is 4.39 Å². The first-order chi connectivity index (χ1) is 8.59. The third-order valence-electron chi connectivity index (χ3n) is 3.21. The largest absolute Gasteiger partial charge is 0.389 e. The van der Waals surface area contributed by atoms with E-state index in [0.29, 0.717) is 13.1 Å². The quantitative estimate of drug-likeness (QED) is 0.888. The van der Waals surface area contributed by atoms with Crippen molar-refractivity contribution in [1.82, 2.24) is 5.32 Å². The lowest BCUT2D eigenvalue weighted by Crippen LogP contribution is -2.43. The van der Waals surface area contributed by atoms with E-state index < -0.39 is 5.60 Å². The minimum Gasteiger partial charge on any atom is -0.389 e. The average Bonchev–Trinajstić information content (AvgIpc) is 2.33. The van der Waals surface area contributed by atoms with E-state index in [4.69, 9.17) is 0 Å². The summed E-state index contributed by atoms with van der Waals surface area (Å²) in [6.45, 7) is 1.23. The van der Waals surface area contributed by atoms with Crippen molar-refractivity contribution in [3.05, 3.63) is 34.1 Å². The number of nitrogens with one attached hydrogen (secondary N) is 1. The second-order valence-electron chi connectivity index (χ2n) is 4.68. The zero-order chi connectivity index (χ0) is 13.0. The van der Waals surface area contributed by atoms with Gasteiger partial charge in [-0.1, -0.05) is 22.0 Å². The lowest BCUT2D eigenvalue weighted by Gasteiger charge is -2.32. The lowest BCUT2D eigenvalue weighted by atomic mass is 9.97. The Balaban J connectivity index is 1.84. The molecule has 2 N–H and O–H groups in total. The van der Waals surface area contributed by atoms with Gasteiger partial charge in [0.1, 0.15) is 5.82 Å². The van der Waals surface area contributed by atoms with Crippen LogP contribution in [-0.2, 0) is 6.54 Å². The number of benzene rings is 1. The Labute approximate surface area is 119 Å². The molecular formula is C13H17BrFNOS. The normalized spacial score (nSPS) is 18.8. The first-order valence-corrected chi connectivity index (χ1v) is 7.99. The molecule has 0 bridgehead atoms. The molecule has 1 aromatic rings. The molecule has 1 aromatic carbocycles. The number of halogens is 2. The predicted molar refractivity (Wildman–Crippen MR) is 77.3 cm³/mol. The number of thioether (sulfide) groups is 1. The number of aliphatic hydroxyl groups is 1. The number of hydrogen-bond donors (Lipinski definition) is 2. The highest BCUT2D eigenvalue weighted by atomic mass is 79.9. The molecule has 2 rings (SSSR count). The molecule has 1 heterocycles. The van der Waals surface area contributed by atoms with Crippen LogP contribution < -0.4 is 5.32 Å². The van der Waals surface area contributed by atoms with Crippen LogP contribution >= 0.6 is 27.7 Å². The van der Waals surface area contributed by atoms with Gasteiger partial charge < -0.3 is 10.4 Å². The molecule has 0 aliphatic carbocycles. The zero-order valence-corrected chi connectivity index (χ0v) is 12.5. The van der Waals surface area contributed by atoms with Crippen LogP contribution in [0, 0.1) is 5.82 Å². The van der Waals surface area contributed by atoms with Gasteiger partial charge in [0.25, 0.3) is 0 Å². The van der Waals surface area contributed by atoms with Crippen LogP contribution in [0.25, 0.3) is 0 Å². The lowest BCUT2D eigenvalue weighted by molar-refractivity contribution is 0.0320. The summed E-state index contributed by atoms with van der Waals surface area (Å²) in [4.78, 5) is 0. The third-order valence-corrected chi connectivity index (χ3v) is 4.93. The maximum atomic E-state index is 12.9. The summed E-state index contributed by atoms with van der Waals surface area (Å²) in [6.07, 6.45) is 1.69. The van der Waals surface area contributed by atoms with Gasteiger partial charge in [-0.25, -0.2) is 4.39 Å². The smallest absolute Gasteiger partial charge is 0.124 e. The van der Waals surface area contributed by atoms with Crippen molar-refractivity contribution in [2.24, 2.45) is 0 Å². The van der Waals surface area contributed by atoms with Gasteiger partial charge in [-0.05, 0) is 42.0 Å². The number of rotatable bonds is 4. The molecule has 0 spiro atoms. The summed E-state index contributed by atoms with van der Waals surface area (Å²) in [5.74, 6) is 1.81. The molecule has 1 saturated heterocycles. The molecule has 0 unspecified atom stereocenters. The first-order valence-electron chi connectivity index (χ1n) is 6.04. The van der Waals surface area contributed by atoms with Gasteiger partial charge in [0.05, 0.1) is 5.60 Å². The fraction of sp³-hybridized carbons (Fsp3) is 0.538. The average molecular weight is 334 g/mol. The van der Waals surface area contributed by atoms with E-state index in [2.05, 4.69) is 21.2 Å². The van der Waals surface area contributed by atoms with Crippen molar-refractivity contribution in [2.45, 2.75) is 25.0 Å². The third kappa shape index (κ3) is 3.95. The van der Waals surface area contributed by atoms with Crippen molar-refractivity contribution in [2.75, 3.05) is 18.1 Å². The predicted octanol–water partition coefficient (Wildman–Crippen LogP) is 2.94. The summed E-state index contributed by atoms with van der Waals surface area (Å²) in [5.41, 5.74) is 0.433. The van der Waals surface area contributed by atoms with Gasteiger partial charge in [-0.15, -0.1) is 0 Å². The van der Waals surface area contributed by atoms with Crippen molar-refractivity contribution in [1.29, 1.82) is 0 Å². The second kappa shape index (κ2) is 6.37. The van der Waals surface area contributed by atoms with Gasteiger partial charge in [-0.2, -0.15) is 11.8 Å². The Hall–Kier alpha value is -0.100. The zero-order valence-electron chi connectivity index (χ0n) is 10.1. The number of hydrogen-bond acceptors (Lipinski definition) is 3. The minimum atomic E-state index is -0.572. The van der Waals surface area contributed by atoms with Gasteiger partial charge in [0.15, 0.2) is 0 Å². The molecule has 0 aromatic heterocycles. The molecule has 18 heavy (non-hydrogen) atoms. The van der Waals surface area contributed by atoms with E-state index in [0.717, 1.165) is 34.4 Å². The Morgan fingerprint density at radius 2 is 2.11 bits per heavy atom. The maximum absolute atomic E-state index is 12.9. The summed E-state index contributed by atoms with van der Waals surface area (Å²) in [5, 5.41) is 13.6. The van der Waals surface area contributed by atoms with Crippen LogP contribution in [0.15, 0.2) is 22.7 Å². The molecule has 1 fully saturated rings. The van der Waals surface area contributed by atoms with Gasteiger partial charge in [0, 0.05) is 17.6 Å². The van der Waals surface area contributed by atoms with Crippen molar-refractivity contribution in [3.63, 3.8) is 0 Å². The molecule has 100 valence electrons. The van der Waals surface area contributed by atoms with E-state index >= 15 is 0 Å². The molecule has 0 saturated carbocycles. The van der Waals surface area contributed by atoms with Crippen molar-refractivity contribution in [3.8, 4) is 0 Å². The second-order valence-corrected chi connectivity index (χ2v) is 6.76. The highest BCUT2D eigenvalue weighted by Crippen LogP contribution is 2.26. The summed E-state index contributed by atoms with van der Waals surface area (Å²) in [7, 11) is 0. The van der Waals surface area contributed by atoms with Gasteiger partial charge >= 0.3 is 0 Å². The fourth-order valence-electron chi connectivity index (χ4n) is 2.02. The standard InChI is InChI=1S/C13H17BrFNOS/c14-12-7-11(15)2-1-10(12)8-16-9-13(17)3-5-18-6-4-13/h1-2,7,16-17H,3-6,8-9H2. The summed E-state index contributed by atoms with van der Waals surface area (Å²) >= 11 is 5.24. The van der Waals surface area contributed by atoms with E-state index in [9.17, 15) is 9.50 Å². The maximum Gasteiger partial charge on any atom is 0.124 e. The Bertz CT molecular complexity index is 410. The van der Waals surface area contributed by atoms with Crippen molar-refractivity contribution >= 4 is 27.7 Å². The highest BCUT2D eigenvalue weighted by Gasteiger charge is 2.28. The van der Waals surface area contributed by atoms with Crippen LogP contribution in [0.1, 0.15) is 18.4 Å². The molecule has 0 radical (unpaired) electrons. The van der Waals surface area contributed by atoms with E-state index in [1.807, 2.05) is 11.8 Å². The minimum absolute atomic E-state index is 0.242.